The molecule has 0 unspecified atom stereocenters. The van der Waals surface area contributed by atoms with E-state index >= 15 is 0 Å². The van der Waals surface area contributed by atoms with Gasteiger partial charge in [0.05, 0.1) is 4.92 Å². The highest BCUT2D eigenvalue weighted by Crippen LogP contribution is 2.16. The quantitative estimate of drug-likeness (QED) is 0.561. The fraction of sp³-hybridized carbons (Fsp3) is 0.625. The van der Waals surface area contributed by atoms with E-state index in [4.69, 9.17) is 5.73 Å². The van der Waals surface area contributed by atoms with E-state index in [0.717, 1.165) is 38.0 Å². The molecule has 0 bridgehead atoms. The Kier molecular flexibility index (Phi) is 6.78. The molecule has 5 nitrogen and oxygen atoms in total. The van der Waals surface area contributed by atoms with E-state index in [2.05, 4.69) is 25.7 Å². The van der Waals surface area contributed by atoms with Crippen LogP contribution in [-0.2, 0) is 6.42 Å². The molecule has 0 amide bonds. The molecule has 0 saturated heterocycles. The number of nitrogens with two attached hydrogens (primary N) is 1. The lowest BCUT2D eigenvalue weighted by Crippen LogP contribution is -2.40. The molecular formula is C16H27N3O2. The third kappa shape index (κ3) is 6.23. The minimum Gasteiger partial charge on any atom is -0.330 e. The number of nitro benzene ring substituents is 1. The number of nitro groups is 1. The molecule has 0 aliphatic heterocycles. The molecule has 0 aromatic heterocycles. The van der Waals surface area contributed by atoms with Crippen molar-refractivity contribution >= 4 is 5.69 Å². The molecule has 0 saturated carbocycles. The van der Waals surface area contributed by atoms with Gasteiger partial charge in [0, 0.05) is 25.2 Å². The first kappa shape index (κ1) is 17.6. The van der Waals surface area contributed by atoms with Crippen LogP contribution in [0.1, 0.15) is 32.8 Å². The maximum atomic E-state index is 10.6. The lowest BCUT2D eigenvalue weighted by molar-refractivity contribution is -0.384. The number of benzene rings is 1. The third-order valence-corrected chi connectivity index (χ3v) is 3.61. The molecule has 0 radical (unpaired) electrons. The lowest BCUT2D eigenvalue weighted by atomic mass is 9.93. The monoisotopic (exact) mass is 293 g/mol. The van der Waals surface area contributed by atoms with Crippen molar-refractivity contribution in [1.82, 2.24) is 4.90 Å². The average molecular weight is 293 g/mol. The highest BCUT2D eigenvalue weighted by Gasteiger charge is 2.19. The number of hydrogen-bond acceptors (Lipinski definition) is 4. The summed E-state index contributed by atoms with van der Waals surface area (Å²) in [4.78, 5) is 12.7. The Hall–Kier alpha value is -1.46. The van der Waals surface area contributed by atoms with Gasteiger partial charge in [-0.1, -0.05) is 32.9 Å². The molecular weight excluding hydrogens is 266 g/mol. The van der Waals surface area contributed by atoms with E-state index in [9.17, 15) is 10.1 Å². The summed E-state index contributed by atoms with van der Waals surface area (Å²) in [5.74, 6) is 0. The minimum atomic E-state index is -0.364. The van der Waals surface area contributed by atoms with E-state index in [1.807, 2.05) is 12.1 Å². The maximum Gasteiger partial charge on any atom is 0.269 e. The van der Waals surface area contributed by atoms with Crippen LogP contribution >= 0.6 is 0 Å². The van der Waals surface area contributed by atoms with Crippen molar-refractivity contribution in [2.24, 2.45) is 11.1 Å². The molecule has 0 spiro atoms. The van der Waals surface area contributed by atoms with Crippen molar-refractivity contribution in [2.75, 3.05) is 26.2 Å². The molecule has 0 atom stereocenters. The summed E-state index contributed by atoms with van der Waals surface area (Å²) in [6.45, 7) is 10.2. The van der Waals surface area contributed by atoms with Gasteiger partial charge in [-0.25, -0.2) is 0 Å². The minimum absolute atomic E-state index is 0.116. The second kappa shape index (κ2) is 8.10. The number of hydrogen-bond donors (Lipinski definition) is 1. The van der Waals surface area contributed by atoms with E-state index in [1.165, 1.54) is 0 Å². The fourth-order valence-electron chi connectivity index (χ4n) is 2.33. The molecule has 0 aliphatic carbocycles. The van der Waals surface area contributed by atoms with Gasteiger partial charge >= 0.3 is 0 Å². The van der Waals surface area contributed by atoms with E-state index in [0.29, 0.717) is 6.54 Å². The van der Waals surface area contributed by atoms with Gasteiger partial charge in [0.25, 0.3) is 5.69 Å². The summed E-state index contributed by atoms with van der Waals surface area (Å²) >= 11 is 0. The molecule has 21 heavy (non-hydrogen) atoms. The largest absolute Gasteiger partial charge is 0.330 e. The van der Waals surface area contributed by atoms with Gasteiger partial charge in [0.1, 0.15) is 0 Å². The fourth-order valence-corrected chi connectivity index (χ4v) is 2.33. The molecule has 118 valence electrons. The van der Waals surface area contributed by atoms with Crippen LogP contribution in [0.15, 0.2) is 24.3 Å². The molecule has 5 heteroatoms. The van der Waals surface area contributed by atoms with Gasteiger partial charge in [-0.05, 0) is 36.9 Å². The Bertz CT molecular complexity index is 443. The van der Waals surface area contributed by atoms with E-state index in [1.54, 1.807) is 12.1 Å². The summed E-state index contributed by atoms with van der Waals surface area (Å²) in [5, 5.41) is 10.6. The molecule has 0 aliphatic rings. The molecule has 0 fully saturated rings. The lowest BCUT2D eigenvalue weighted by Gasteiger charge is -2.31. The first-order valence-electron chi connectivity index (χ1n) is 7.53. The molecule has 1 aromatic carbocycles. The van der Waals surface area contributed by atoms with Crippen LogP contribution in [0.5, 0.6) is 0 Å². The zero-order valence-electron chi connectivity index (χ0n) is 13.3. The normalized spacial score (nSPS) is 11.9. The van der Waals surface area contributed by atoms with Crippen LogP contribution in [-0.4, -0.2) is 36.0 Å². The van der Waals surface area contributed by atoms with Gasteiger partial charge in [-0.15, -0.1) is 0 Å². The Morgan fingerprint density at radius 3 is 2.33 bits per heavy atom. The van der Waals surface area contributed by atoms with Gasteiger partial charge < -0.3 is 10.6 Å². The molecule has 0 heterocycles. The van der Waals surface area contributed by atoms with Crippen molar-refractivity contribution in [1.29, 1.82) is 0 Å². The van der Waals surface area contributed by atoms with Crippen LogP contribution in [0.3, 0.4) is 0 Å². The predicted molar refractivity (Wildman–Crippen MR) is 86.4 cm³/mol. The van der Waals surface area contributed by atoms with Gasteiger partial charge in [-0.3, -0.25) is 10.1 Å². The van der Waals surface area contributed by atoms with Crippen molar-refractivity contribution in [3.05, 3.63) is 39.9 Å². The Labute approximate surface area is 127 Å². The van der Waals surface area contributed by atoms with E-state index < -0.39 is 0 Å². The van der Waals surface area contributed by atoms with Crippen LogP contribution < -0.4 is 5.73 Å². The zero-order chi connectivity index (χ0) is 15.9. The van der Waals surface area contributed by atoms with Crippen LogP contribution in [0.4, 0.5) is 5.69 Å². The van der Waals surface area contributed by atoms with Gasteiger partial charge in [0.2, 0.25) is 0 Å². The van der Waals surface area contributed by atoms with Crippen molar-refractivity contribution in [3.63, 3.8) is 0 Å². The van der Waals surface area contributed by atoms with Crippen molar-refractivity contribution < 1.29 is 4.92 Å². The van der Waals surface area contributed by atoms with Crippen molar-refractivity contribution in [3.8, 4) is 0 Å². The average Bonchev–Trinajstić information content (AvgIpc) is 2.45. The highest BCUT2D eigenvalue weighted by molar-refractivity contribution is 5.32. The topological polar surface area (TPSA) is 72.4 Å². The predicted octanol–water partition coefficient (Wildman–Crippen LogP) is 2.83. The number of non-ortho nitro benzene ring substituents is 1. The summed E-state index contributed by atoms with van der Waals surface area (Å²) in [6.07, 6.45) is 2.01. The zero-order valence-corrected chi connectivity index (χ0v) is 13.3. The molecule has 2 N–H and O–H groups in total. The first-order valence-corrected chi connectivity index (χ1v) is 7.53. The Morgan fingerprint density at radius 1 is 1.24 bits per heavy atom. The van der Waals surface area contributed by atoms with Crippen LogP contribution in [0, 0.1) is 15.5 Å². The van der Waals surface area contributed by atoms with Gasteiger partial charge in [-0.2, -0.15) is 0 Å². The number of nitrogens with zero attached hydrogens (tertiary/aromatic N) is 2. The third-order valence-electron chi connectivity index (χ3n) is 3.61. The summed E-state index contributed by atoms with van der Waals surface area (Å²) in [6, 6.07) is 6.83. The summed E-state index contributed by atoms with van der Waals surface area (Å²) < 4.78 is 0. The van der Waals surface area contributed by atoms with Crippen LogP contribution in [0.25, 0.3) is 0 Å². The van der Waals surface area contributed by atoms with Crippen LogP contribution in [0.2, 0.25) is 0 Å². The Balaban J connectivity index is 2.58. The second-order valence-corrected chi connectivity index (χ2v) is 6.32. The smallest absolute Gasteiger partial charge is 0.269 e. The Morgan fingerprint density at radius 2 is 1.86 bits per heavy atom. The highest BCUT2D eigenvalue weighted by atomic mass is 16.6. The molecule has 1 aromatic rings. The maximum absolute atomic E-state index is 10.6. The molecule has 1 rings (SSSR count). The number of rotatable bonds is 9. The summed E-state index contributed by atoms with van der Waals surface area (Å²) in [7, 11) is 0. The first-order chi connectivity index (χ1) is 9.88. The standard InChI is InChI=1S/C16H27N3O2/c1-4-10-18(13-16(2,3)12-17)11-9-14-5-7-15(8-6-14)19(20)21/h5-8H,4,9-13,17H2,1-3H3. The van der Waals surface area contributed by atoms with Crippen molar-refractivity contribution in [2.45, 2.75) is 33.6 Å². The van der Waals surface area contributed by atoms with Gasteiger partial charge in [0.15, 0.2) is 0 Å². The van der Waals surface area contributed by atoms with E-state index in [-0.39, 0.29) is 16.0 Å². The SMILES string of the molecule is CCCN(CCc1ccc([N+](=O)[O-])cc1)CC(C)(C)CN. The summed E-state index contributed by atoms with van der Waals surface area (Å²) in [5.41, 5.74) is 7.21. The second-order valence-electron chi connectivity index (χ2n) is 6.32.